The van der Waals surface area contributed by atoms with E-state index in [4.69, 9.17) is 0 Å². The number of rotatable bonds is 5. The Labute approximate surface area is 134 Å². The van der Waals surface area contributed by atoms with E-state index in [1.165, 1.54) is 0 Å². The summed E-state index contributed by atoms with van der Waals surface area (Å²) in [6.45, 7) is 2.00. The Bertz CT molecular complexity index is 637. The first-order valence-electron chi connectivity index (χ1n) is 7.87. The SMILES string of the molecule is O=C(NCC(O)c1ccccc1)c1ncn(C2CCCNC2)n1. The van der Waals surface area contributed by atoms with Crippen LogP contribution in [0.2, 0.25) is 0 Å². The maximum atomic E-state index is 12.1. The fraction of sp³-hybridized carbons (Fsp3) is 0.438. The normalized spacial score (nSPS) is 19.3. The fourth-order valence-electron chi connectivity index (χ4n) is 2.68. The number of piperidine rings is 1. The molecular weight excluding hydrogens is 294 g/mol. The summed E-state index contributed by atoms with van der Waals surface area (Å²) in [5.74, 6) is -0.238. The van der Waals surface area contributed by atoms with E-state index >= 15 is 0 Å². The van der Waals surface area contributed by atoms with Crippen LogP contribution >= 0.6 is 0 Å². The van der Waals surface area contributed by atoms with Crippen LogP contribution in [0.25, 0.3) is 0 Å². The number of nitrogens with zero attached hydrogens (tertiary/aromatic N) is 3. The van der Waals surface area contributed by atoms with E-state index in [0.29, 0.717) is 0 Å². The minimum absolute atomic E-state index is 0.127. The highest BCUT2D eigenvalue weighted by atomic mass is 16.3. The molecule has 0 aliphatic carbocycles. The van der Waals surface area contributed by atoms with E-state index < -0.39 is 6.10 Å². The monoisotopic (exact) mass is 315 g/mol. The Hall–Kier alpha value is -2.25. The molecule has 1 amide bonds. The van der Waals surface area contributed by atoms with Gasteiger partial charge in [0, 0.05) is 13.1 Å². The highest BCUT2D eigenvalue weighted by Gasteiger charge is 2.19. The van der Waals surface area contributed by atoms with Crippen molar-refractivity contribution >= 4 is 5.91 Å². The van der Waals surface area contributed by atoms with Crippen molar-refractivity contribution in [3.8, 4) is 0 Å². The first-order chi connectivity index (χ1) is 11.2. The number of aliphatic hydroxyl groups excluding tert-OH is 1. The van der Waals surface area contributed by atoms with Gasteiger partial charge in [0.25, 0.3) is 5.91 Å². The van der Waals surface area contributed by atoms with Crippen molar-refractivity contribution in [1.82, 2.24) is 25.4 Å². The lowest BCUT2D eigenvalue weighted by Gasteiger charge is -2.22. The molecule has 23 heavy (non-hydrogen) atoms. The average Bonchev–Trinajstić information content (AvgIpc) is 3.11. The molecule has 2 atom stereocenters. The molecule has 1 aliphatic rings. The zero-order valence-electron chi connectivity index (χ0n) is 12.9. The van der Waals surface area contributed by atoms with Crippen LogP contribution in [0.15, 0.2) is 36.7 Å². The number of carbonyl (C=O) groups is 1. The van der Waals surface area contributed by atoms with Crippen molar-refractivity contribution in [1.29, 1.82) is 0 Å². The fourth-order valence-corrected chi connectivity index (χ4v) is 2.68. The van der Waals surface area contributed by atoms with Crippen LogP contribution in [0.3, 0.4) is 0 Å². The number of benzene rings is 1. The average molecular weight is 315 g/mol. The molecule has 3 rings (SSSR count). The van der Waals surface area contributed by atoms with Gasteiger partial charge in [-0.2, -0.15) is 0 Å². The second kappa shape index (κ2) is 7.34. The lowest BCUT2D eigenvalue weighted by molar-refractivity contribution is 0.0905. The standard InChI is InChI=1S/C16H21N5O2/c22-14(12-5-2-1-3-6-12)10-18-16(23)15-19-11-21(20-15)13-7-4-8-17-9-13/h1-3,5-6,11,13-14,17,22H,4,7-10H2,(H,18,23). The van der Waals surface area contributed by atoms with Crippen molar-refractivity contribution in [2.45, 2.75) is 25.0 Å². The molecule has 2 unspecified atom stereocenters. The number of hydrogen-bond donors (Lipinski definition) is 3. The van der Waals surface area contributed by atoms with Crippen LogP contribution in [-0.4, -0.2) is 45.4 Å². The Morgan fingerprint density at radius 3 is 3.00 bits per heavy atom. The van der Waals surface area contributed by atoms with Crippen molar-refractivity contribution in [3.63, 3.8) is 0 Å². The minimum atomic E-state index is -0.746. The van der Waals surface area contributed by atoms with E-state index in [1.54, 1.807) is 11.0 Å². The zero-order valence-corrected chi connectivity index (χ0v) is 12.9. The Balaban J connectivity index is 1.55. The lowest BCUT2D eigenvalue weighted by Crippen LogP contribution is -2.32. The van der Waals surface area contributed by atoms with Crippen LogP contribution in [0.1, 0.15) is 41.2 Å². The molecule has 1 fully saturated rings. The molecule has 1 aromatic heterocycles. The van der Waals surface area contributed by atoms with Crippen LogP contribution < -0.4 is 10.6 Å². The molecule has 3 N–H and O–H groups in total. The molecule has 2 heterocycles. The molecule has 1 aliphatic heterocycles. The van der Waals surface area contributed by atoms with Gasteiger partial charge in [-0.05, 0) is 24.9 Å². The third kappa shape index (κ3) is 3.94. The van der Waals surface area contributed by atoms with Crippen molar-refractivity contribution in [2.75, 3.05) is 19.6 Å². The van der Waals surface area contributed by atoms with E-state index in [0.717, 1.165) is 31.5 Å². The molecule has 2 aromatic rings. The van der Waals surface area contributed by atoms with Gasteiger partial charge < -0.3 is 15.7 Å². The summed E-state index contributed by atoms with van der Waals surface area (Å²) in [6, 6.07) is 9.46. The third-order valence-corrected chi connectivity index (χ3v) is 4.00. The first-order valence-corrected chi connectivity index (χ1v) is 7.87. The summed E-state index contributed by atoms with van der Waals surface area (Å²) in [5.41, 5.74) is 0.763. The molecule has 0 radical (unpaired) electrons. The van der Waals surface area contributed by atoms with Gasteiger partial charge in [0.05, 0.1) is 12.1 Å². The first kappa shape index (κ1) is 15.6. The number of nitrogens with one attached hydrogen (secondary N) is 2. The lowest BCUT2D eigenvalue weighted by atomic mass is 10.1. The predicted octanol–water partition coefficient (Wildman–Crippen LogP) is 0.666. The maximum Gasteiger partial charge on any atom is 0.291 e. The minimum Gasteiger partial charge on any atom is -0.387 e. The summed E-state index contributed by atoms with van der Waals surface area (Å²) in [4.78, 5) is 16.2. The van der Waals surface area contributed by atoms with Crippen LogP contribution in [0.4, 0.5) is 0 Å². The largest absolute Gasteiger partial charge is 0.387 e. The van der Waals surface area contributed by atoms with Gasteiger partial charge in [0.2, 0.25) is 5.82 Å². The molecule has 122 valence electrons. The highest BCUT2D eigenvalue weighted by Crippen LogP contribution is 2.15. The second-order valence-corrected chi connectivity index (χ2v) is 5.68. The van der Waals surface area contributed by atoms with Crippen LogP contribution in [0.5, 0.6) is 0 Å². The number of amides is 1. The third-order valence-electron chi connectivity index (χ3n) is 4.00. The second-order valence-electron chi connectivity index (χ2n) is 5.68. The summed E-state index contributed by atoms with van der Waals surface area (Å²) < 4.78 is 1.74. The molecule has 0 bridgehead atoms. The van der Waals surface area contributed by atoms with Gasteiger partial charge >= 0.3 is 0 Å². The number of carbonyl (C=O) groups excluding carboxylic acids is 1. The van der Waals surface area contributed by atoms with E-state index in [-0.39, 0.29) is 24.3 Å². The molecule has 0 spiro atoms. The van der Waals surface area contributed by atoms with Gasteiger partial charge in [-0.25, -0.2) is 9.67 Å². The molecule has 1 saturated heterocycles. The summed E-state index contributed by atoms with van der Waals surface area (Å²) >= 11 is 0. The van der Waals surface area contributed by atoms with Gasteiger partial charge in [-0.1, -0.05) is 30.3 Å². The van der Waals surface area contributed by atoms with E-state index in [1.807, 2.05) is 30.3 Å². The Kier molecular flexibility index (Phi) is 4.99. The molecule has 1 aromatic carbocycles. The zero-order chi connectivity index (χ0) is 16.1. The number of hydrogen-bond acceptors (Lipinski definition) is 5. The summed E-state index contributed by atoms with van der Waals surface area (Å²) in [5, 5.41) is 20.3. The molecule has 7 nitrogen and oxygen atoms in total. The quantitative estimate of drug-likeness (QED) is 0.754. The van der Waals surface area contributed by atoms with Gasteiger partial charge in [0.1, 0.15) is 6.33 Å². The highest BCUT2D eigenvalue weighted by molar-refractivity contribution is 5.90. The van der Waals surface area contributed by atoms with Gasteiger partial charge in [-0.3, -0.25) is 4.79 Å². The van der Waals surface area contributed by atoms with Crippen molar-refractivity contribution in [3.05, 3.63) is 48.0 Å². The van der Waals surface area contributed by atoms with Crippen molar-refractivity contribution in [2.24, 2.45) is 0 Å². The smallest absolute Gasteiger partial charge is 0.291 e. The Morgan fingerprint density at radius 1 is 1.43 bits per heavy atom. The predicted molar refractivity (Wildman–Crippen MR) is 84.9 cm³/mol. The van der Waals surface area contributed by atoms with E-state index in [9.17, 15) is 9.90 Å². The topological polar surface area (TPSA) is 92.1 Å². The molecule has 0 saturated carbocycles. The van der Waals surface area contributed by atoms with Crippen LogP contribution in [0, 0.1) is 0 Å². The number of aromatic nitrogens is 3. The Morgan fingerprint density at radius 2 is 2.26 bits per heavy atom. The summed E-state index contributed by atoms with van der Waals surface area (Å²) in [6.07, 6.45) is 2.98. The summed E-state index contributed by atoms with van der Waals surface area (Å²) in [7, 11) is 0. The van der Waals surface area contributed by atoms with E-state index in [2.05, 4.69) is 20.7 Å². The van der Waals surface area contributed by atoms with Gasteiger partial charge in [0.15, 0.2) is 0 Å². The van der Waals surface area contributed by atoms with Crippen LogP contribution in [-0.2, 0) is 0 Å². The van der Waals surface area contributed by atoms with Gasteiger partial charge in [-0.15, -0.1) is 5.10 Å². The molecule has 7 heteroatoms. The van der Waals surface area contributed by atoms with Crippen molar-refractivity contribution < 1.29 is 9.90 Å². The number of aliphatic hydroxyl groups is 1. The molecular formula is C16H21N5O2. The maximum absolute atomic E-state index is 12.1.